The molecule has 1 amide bonds. The van der Waals surface area contributed by atoms with E-state index in [1.807, 2.05) is 0 Å². The van der Waals surface area contributed by atoms with Gasteiger partial charge in [-0.15, -0.1) is 0 Å². The Hall–Kier alpha value is -3.49. The molecule has 0 aromatic heterocycles. The highest BCUT2D eigenvalue weighted by atomic mass is 19.1. The maximum atomic E-state index is 14.0. The monoisotopic (exact) mass is 449 g/mol. The van der Waals surface area contributed by atoms with Crippen LogP contribution in [0.2, 0.25) is 0 Å². The molecule has 9 heteroatoms. The first-order valence-electron chi connectivity index (χ1n) is 10.0. The number of carbonyl (C=O) groups excluding carboxylic acids is 2. The number of rotatable bonds is 11. The summed E-state index contributed by atoms with van der Waals surface area (Å²) in [6.45, 7) is 1.86. The molecule has 0 aliphatic carbocycles. The van der Waals surface area contributed by atoms with E-state index in [4.69, 9.17) is 14.6 Å². The molecule has 0 bridgehead atoms. The molecule has 7 nitrogen and oxygen atoms in total. The van der Waals surface area contributed by atoms with E-state index < -0.39 is 35.5 Å². The minimum absolute atomic E-state index is 0.0787. The van der Waals surface area contributed by atoms with Crippen molar-refractivity contribution in [3.8, 4) is 16.9 Å². The highest BCUT2D eigenvalue weighted by Gasteiger charge is 2.19. The highest BCUT2D eigenvalue weighted by Crippen LogP contribution is 2.33. The maximum absolute atomic E-state index is 14.0. The molecule has 2 aromatic carbocycles. The number of carbonyl (C=O) groups is 3. The number of halogens is 2. The van der Waals surface area contributed by atoms with E-state index in [1.54, 1.807) is 31.2 Å². The lowest BCUT2D eigenvalue weighted by molar-refractivity contribution is -0.144. The predicted octanol–water partition coefficient (Wildman–Crippen LogP) is 3.49. The second-order valence-corrected chi connectivity index (χ2v) is 7.04. The summed E-state index contributed by atoms with van der Waals surface area (Å²) in [5, 5.41) is 11.4. The number of amides is 1. The Balaban J connectivity index is 2.18. The Kier molecular flexibility index (Phi) is 9.12. The number of ether oxygens (including phenoxy) is 2. The van der Waals surface area contributed by atoms with Gasteiger partial charge in [-0.1, -0.05) is 24.3 Å². The molecule has 1 atom stereocenters. The first-order chi connectivity index (χ1) is 15.2. The van der Waals surface area contributed by atoms with Crippen molar-refractivity contribution in [3.63, 3.8) is 0 Å². The van der Waals surface area contributed by atoms with Crippen molar-refractivity contribution in [1.82, 2.24) is 5.32 Å². The second kappa shape index (κ2) is 11.8. The van der Waals surface area contributed by atoms with E-state index in [9.17, 15) is 23.2 Å². The first-order valence-corrected chi connectivity index (χ1v) is 10.0. The van der Waals surface area contributed by atoms with Gasteiger partial charge in [-0.3, -0.25) is 14.4 Å². The van der Waals surface area contributed by atoms with Crippen LogP contribution >= 0.6 is 0 Å². The van der Waals surface area contributed by atoms with Crippen LogP contribution in [0.25, 0.3) is 11.1 Å². The number of methoxy groups -OCH3 is 1. The Labute approximate surface area is 184 Å². The lowest BCUT2D eigenvalue weighted by Crippen LogP contribution is -2.38. The number of carboxylic acid groups (broad SMARTS) is 1. The van der Waals surface area contributed by atoms with E-state index in [0.717, 1.165) is 11.6 Å². The van der Waals surface area contributed by atoms with Crippen molar-refractivity contribution in [3.05, 3.63) is 53.6 Å². The summed E-state index contributed by atoms with van der Waals surface area (Å²) in [5.41, 5.74) is 1.52. The van der Waals surface area contributed by atoms with Gasteiger partial charge in [0.1, 0.15) is 5.82 Å². The first kappa shape index (κ1) is 24.8. The Morgan fingerprint density at radius 2 is 1.78 bits per heavy atom. The van der Waals surface area contributed by atoms with Crippen LogP contribution in [0.3, 0.4) is 0 Å². The van der Waals surface area contributed by atoms with Crippen LogP contribution in [0, 0.1) is 11.6 Å². The summed E-state index contributed by atoms with van der Waals surface area (Å²) < 4.78 is 37.7. The fraction of sp³-hybridized carbons (Fsp3) is 0.348. The zero-order valence-corrected chi connectivity index (χ0v) is 17.8. The van der Waals surface area contributed by atoms with Gasteiger partial charge in [0.15, 0.2) is 11.6 Å². The van der Waals surface area contributed by atoms with E-state index >= 15 is 0 Å². The minimum Gasteiger partial charge on any atom is -0.493 e. The Morgan fingerprint density at radius 3 is 2.38 bits per heavy atom. The molecule has 0 aliphatic heterocycles. The topological polar surface area (TPSA) is 102 Å². The normalized spacial score (nSPS) is 11.5. The maximum Gasteiger partial charge on any atom is 0.307 e. The molecule has 0 saturated heterocycles. The van der Waals surface area contributed by atoms with Crippen LogP contribution in [-0.2, 0) is 25.5 Å². The molecule has 0 radical (unpaired) electrons. The quantitative estimate of drug-likeness (QED) is 0.510. The van der Waals surface area contributed by atoms with E-state index in [2.05, 4.69) is 5.32 Å². The zero-order chi connectivity index (χ0) is 23.7. The fourth-order valence-corrected chi connectivity index (χ4v) is 3.20. The van der Waals surface area contributed by atoms with Crippen LogP contribution < -0.4 is 10.1 Å². The molecule has 0 heterocycles. The highest BCUT2D eigenvalue weighted by molar-refractivity contribution is 5.81. The van der Waals surface area contributed by atoms with Crippen molar-refractivity contribution >= 4 is 17.8 Å². The largest absolute Gasteiger partial charge is 0.493 e. The lowest BCUT2D eigenvalue weighted by atomic mass is 9.98. The molecule has 172 valence electrons. The third-order valence-electron chi connectivity index (χ3n) is 4.61. The van der Waals surface area contributed by atoms with E-state index in [1.165, 1.54) is 13.2 Å². The summed E-state index contributed by atoms with van der Waals surface area (Å²) in [5.74, 6) is -3.70. The van der Waals surface area contributed by atoms with Crippen molar-refractivity contribution in [2.75, 3.05) is 13.7 Å². The molecule has 2 N–H and O–H groups in total. The molecule has 0 fully saturated rings. The van der Waals surface area contributed by atoms with Gasteiger partial charge in [0.25, 0.3) is 0 Å². The van der Waals surface area contributed by atoms with Crippen molar-refractivity contribution in [1.29, 1.82) is 0 Å². The Bertz CT molecular complexity index is 962. The zero-order valence-electron chi connectivity index (χ0n) is 17.8. The van der Waals surface area contributed by atoms with E-state index in [0.29, 0.717) is 5.56 Å². The molecule has 2 aromatic rings. The van der Waals surface area contributed by atoms with E-state index in [-0.39, 0.29) is 43.6 Å². The van der Waals surface area contributed by atoms with Gasteiger partial charge >= 0.3 is 11.9 Å². The number of nitrogens with one attached hydrogen (secondary N) is 1. The molecule has 0 spiro atoms. The van der Waals surface area contributed by atoms with Gasteiger partial charge in [-0.2, -0.15) is 0 Å². The average molecular weight is 449 g/mol. The fourth-order valence-electron chi connectivity index (χ4n) is 3.20. The van der Waals surface area contributed by atoms with Gasteiger partial charge in [0.2, 0.25) is 5.91 Å². The molecular weight excluding hydrogens is 424 g/mol. The molecule has 0 aliphatic rings. The van der Waals surface area contributed by atoms with Gasteiger partial charge in [0.05, 0.1) is 26.6 Å². The van der Waals surface area contributed by atoms with Crippen molar-refractivity contribution in [2.24, 2.45) is 0 Å². The number of aliphatic carboxylic acids is 1. The van der Waals surface area contributed by atoms with Gasteiger partial charge < -0.3 is 19.9 Å². The molecule has 0 saturated carbocycles. The van der Waals surface area contributed by atoms with Gasteiger partial charge in [-0.05, 0) is 30.5 Å². The van der Waals surface area contributed by atoms with Crippen LogP contribution in [0.15, 0.2) is 36.4 Å². The van der Waals surface area contributed by atoms with Gasteiger partial charge in [-0.25, -0.2) is 8.78 Å². The average Bonchev–Trinajstić information content (AvgIpc) is 2.72. The number of benzene rings is 2. The van der Waals surface area contributed by atoms with Crippen molar-refractivity contribution < 1.29 is 37.7 Å². The number of hydrogen-bond acceptors (Lipinski definition) is 5. The molecular formula is C23H25F2NO6. The summed E-state index contributed by atoms with van der Waals surface area (Å²) in [7, 11) is 1.29. The number of hydrogen-bond donors (Lipinski definition) is 2. The predicted molar refractivity (Wildman–Crippen MR) is 112 cm³/mol. The molecule has 32 heavy (non-hydrogen) atoms. The number of esters is 1. The Morgan fingerprint density at radius 1 is 1.09 bits per heavy atom. The third-order valence-corrected chi connectivity index (χ3v) is 4.61. The van der Waals surface area contributed by atoms with Crippen LogP contribution in [0.1, 0.15) is 31.7 Å². The van der Waals surface area contributed by atoms with Crippen LogP contribution in [0.4, 0.5) is 8.78 Å². The number of carboxylic acids is 1. The van der Waals surface area contributed by atoms with Gasteiger partial charge in [0, 0.05) is 24.1 Å². The third kappa shape index (κ3) is 7.33. The SMILES string of the molecule is CCOC(=O)CC(Cc1ccc(-c2cc(F)cc(F)c2OC)cc1)NC(=O)CCC(=O)O. The van der Waals surface area contributed by atoms with Crippen LogP contribution in [0.5, 0.6) is 5.75 Å². The molecule has 1 unspecified atom stereocenters. The second-order valence-electron chi connectivity index (χ2n) is 7.04. The van der Waals surface area contributed by atoms with Crippen molar-refractivity contribution in [2.45, 2.75) is 38.6 Å². The lowest BCUT2D eigenvalue weighted by Gasteiger charge is -2.18. The smallest absolute Gasteiger partial charge is 0.307 e. The summed E-state index contributed by atoms with van der Waals surface area (Å²) in [6, 6.07) is 8.02. The summed E-state index contributed by atoms with van der Waals surface area (Å²) in [4.78, 5) is 34.6. The molecule has 2 rings (SSSR count). The van der Waals surface area contributed by atoms with Crippen LogP contribution in [-0.4, -0.2) is 42.7 Å². The summed E-state index contributed by atoms with van der Waals surface area (Å²) >= 11 is 0. The summed E-state index contributed by atoms with van der Waals surface area (Å²) in [6.07, 6.45) is -0.346. The standard InChI is InChI=1S/C23H25F2NO6/c1-3-32-22(30)13-17(26-20(27)8-9-21(28)29)10-14-4-6-15(7-5-14)18-11-16(24)12-19(25)23(18)31-2/h4-7,11-12,17H,3,8-10,13H2,1-2H3,(H,26,27)(H,28,29). The minimum atomic E-state index is -1.10.